The van der Waals surface area contributed by atoms with Gasteiger partial charge in [0, 0.05) is 45.1 Å². The Balaban J connectivity index is 1.31. The lowest BCUT2D eigenvalue weighted by Gasteiger charge is -2.37. The summed E-state index contributed by atoms with van der Waals surface area (Å²) in [6, 6.07) is 6.10. The van der Waals surface area contributed by atoms with Gasteiger partial charge in [-0.1, -0.05) is 12.5 Å². The molecule has 6 heteroatoms. The molecule has 128 valence electrons. The minimum atomic E-state index is 0.0451. The van der Waals surface area contributed by atoms with E-state index < -0.39 is 0 Å². The third-order valence-electron chi connectivity index (χ3n) is 5.09. The maximum Gasteiger partial charge on any atom is 0.239 e. The molecule has 0 radical (unpaired) electrons. The molecule has 4 rings (SSSR count). The highest BCUT2D eigenvalue weighted by atomic mass is 16.2. The first-order chi connectivity index (χ1) is 11.8. The first-order valence-electron chi connectivity index (χ1n) is 8.97. The maximum absolute atomic E-state index is 12.6. The van der Waals surface area contributed by atoms with E-state index in [1.54, 1.807) is 0 Å². The van der Waals surface area contributed by atoms with Crippen molar-refractivity contribution >= 4 is 11.6 Å². The number of pyridine rings is 1. The molecular weight excluding hydrogens is 302 g/mol. The monoisotopic (exact) mass is 327 g/mol. The van der Waals surface area contributed by atoms with Crippen molar-refractivity contribution < 1.29 is 4.79 Å². The Kier molecular flexibility index (Phi) is 4.49. The van der Waals surface area contributed by atoms with Gasteiger partial charge in [-0.25, -0.2) is 4.98 Å². The lowest BCUT2D eigenvalue weighted by molar-refractivity contribution is -0.135. The van der Waals surface area contributed by atoms with Crippen molar-refractivity contribution in [3.05, 3.63) is 36.3 Å². The first-order valence-corrected chi connectivity index (χ1v) is 8.97. The Morgan fingerprint density at radius 2 is 2.08 bits per heavy atom. The third kappa shape index (κ3) is 3.30. The number of hydrogen-bond donors (Lipinski definition) is 1. The quantitative estimate of drug-likeness (QED) is 0.918. The van der Waals surface area contributed by atoms with E-state index in [1.807, 2.05) is 29.3 Å². The summed E-state index contributed by atoms with van der Waals surface area (Å²) in [5.74, 6) is 0.294. The lowest BCUT2D eigenvalue weighted by Crippen LogP contribution is -2.54. The van der Waals surface area contributed by atoms with Crippen LogP contribution in [-0.2, 0) is 11.3 Å². The van der Waals surface area contributed by atoms with Crippen molar-refractivity contribution in [1.29, 1.82) is 0 Å². The zero-order valence-electron chi connectivity index (χ0n) is 14.0. The van der Waals surface area contributed by atoms with E-state index in [0.29, 0.717) is 5.91 Å². The minimum Gasteiger partial charge on any atom is -0.339 e. The molecule has 2 saturated heterocycles. The molecule has 2 aromatic heterocycles. The zero-order valence-corrected chi connectivity index (χ0v) is 14.0. The van der Waals surface area contributed by atoms with Gasteiger partial charge in [0.2, 0.25) is 5.91 Å². The van der Waals surface area contributed by atoms with Crippen LogP contribution in [0.4, 0.5) is 0 Å². The fraction of sp³-hybridized carbons (Fsp3) is 0.556. The Hall–Kier alpha value is -1.92. The average Bonchev–Trinajstić information content (AvgIpc) is 3.05. The Morgan fingerprint density at radius 3 is 2.83 bits per heavy atom. The molecule has 0 spiro atoms. The first kappa shape index (κ1) is 15.6. The summed E-state index contributed by atoms with van der Waals surface area (Å²) >= 11 is 0. The second-order valence-corrected chi connectivity index (χ2v) is 6.80. The molecule has 2 aliphatic heterocycles. The number of amides is 1. The van der Waals surface area contributed by atoms with Gasteiger partial charge in [-0.15, -0.1) is 0 Å². The van der Waals surface area contributed by atoms with Gasteiger partial charge in [0.25, 0.3) is 0 Å². The van der Waals surface area contributed by atoms with Crippen molar-refractivity contribution in [2.24, 2.45) is 0 Å². The van der Waals surface area contributed by atoms with E-state index in [9.17, 15) is 4.79 Å². The van der Waals surface area contributed by atoms with Crippen LogP contribution in [0.5, 0.6) is 0 Å². The van der Waals surface area contributed by atoms with Gasteiger partial charge in [0.1, 0.15) is 5.65 Å². The molecule has 0 aromatic carbocycles. The van der Waals surface area contributed by atoms with Crippen LogP contribution in [0, 0.1) is 0 Å². The van der Waals surface area contributed by atoms with Crippen molar-refractivity contribution in [1.82, 2.24) is 24.5 Å². The number of aromatic nitrogens is 2. The van der Waals surface area contributed by atoms with Crippen LogP contribution in [0.3, 0.4) is 0 Å². The summed E-state index contributed by atoms with van der Waals surface area (Å²) in [6.07, 6.45) is 7.46. The molecule has 1 atom stereocenters. The molecule has 1 amide bonds. The number of carbonyl (C=O) groups is 1. The van der Waals surface area contributed by atoms with Crippen molar-refractivity contribution in [3.8, 4) is 0 Å². The van der Waals surface area contributed by atoms with Crippen LogP contribution < -0.4 is 5.32 Å². The third-order valence-corrected chi connectivity index (χ3v) is 5.09. The summed E-state index contributed by atoms with van der Waals surface area (Å²) < 4.78 is 2.06. The molecule has 2 aliphatic rings. The summed E-state index contributed by atoms with van der Waals surface area (Å²) in [4.78, 5) is 21.6. The number of piperazine rings is 1. The normalized spacial score (nSPS) is 22.8. The fourth-order valence-corrected chi connectivity index (χ4v) is 3.70. The van der Waals surface area contributed by atoms with Gasteiger partial charge in [-0.2, -0.15) is 0 Å². The molecular formula is C18H25N5O. The molecule has 0 bridgehead atoms. The summed E-state index contributed by atoms with van der Waals surface area (Å²) in [6.45, 7) is 5.32. The number of piperidine rings is 1. The van der Waals surface area contributed by atoms with Gasteiger partial charge >= 0.3 is 0 Å². The van der Waals surface area contributed by atoms with Crippen molar-refractivity contribution in [2.75, 3.05) is 32.7 Å². The number of carbonyl (C=O) groups excluding carboxylic acids is 1. The Morgan fingerprint density at radius 1 is 1.21 bits per heavy atom. The van der Waals surface area contributed by atoms with Crippen LogP contribution in [0.15, 0.2) is 30.6 Å². The zero-order chi connectivity index (χ0) is 16.4. The predicted octanol–water partition coefficient (Wildman–Crippen LogP) is 1.12. The van der Waals surface area contributed by atoms with E-state index in [0.717, 1.165) is 63.5 Å². The standard InChI is InChI=1S/C18H25N5O/c24-18(16-5-1-3-7-19-16)22-11-9-21(10-12-22)13-15-14-23-8-4-2-6-17(23)20-15/h2,4,6,8,14,16,19H,1,3,5,7,9-13H2/t16-/m1/s1. The van der Waals surface area contributed by atoms with E-state index in [1.165, 1.54) is 6.42 Å². The minimum absolute atomic E-state index is 0.0451. The number of rotatable bonds is 3. The van der Waals surface area contributed by atoms with Crippen molar-refractivity contribution in [3.63, 3.8) is 0 Å². The Labute approximate surface area is 142 Å². The molecule has 1 N–H and O–H groups in total. The number of hydrogen-bond acceptors (Lipinski definition) is 4. The lowest BCUT2D eigenvalue weighted by atomic mass is 10.0. The number of fused-ring (bicyclic) bond motifs is 1. The van der Waals surface area contributed by atoms with E-state index >= 15 is 0 Å². The molecule has 0 unspecified atom stereocenters. The highest BCUT2D eigenvalue weighted by molar-refractivity contribution is 5.82. The number of imidazole rings is 1. The summed E-state index contributed by atoms with van der Waals surface area (Å²) in [5.41, 5.74) is 2.08. The maximum atomic E-state index is 12.6. The number of nitrogens with zero attached hydrogens (tertiary/aromatic N) is 4. The smallest absolute Gasteiger partial charge is 0.239 e. The van der Waals surface area contributed by atoms with Crippen LogP contribution in [-0.4, -0.2) is 63.9 Å². The molecule has 4 heterocycles. The number of nitrogens with one attached hydrogen (secondary N) is 1. The van der Waals surface area contributed by atoms with E-state index in [4.69, 9.17) is 0 Å². The topological polar surface area (TPSA) is 52.9 Å². The molecule has 2 aromatic rings. The van der Waals surface area contributed by atoms with E-state index in [2.05, 4.69) is 25.8 Å². The fourth-order valence-electron chi connectivity index (χ4n) is 3.70. The molecule has 24 heavy (non-hydrogen) atoms. The van der Waals surface area contributed by atoms with Gasteiger partial charge < -0.3 is 14.6 Å². The SMILES string of the molecule is O=C([C@H]1CCCCN1)N1CCN(Cc2cn3ccccc3n2)CC1. The van der Waals surface area contributed by atoms with E-state index in [-0.39, 0.29) is 6.04 Å². The second kappa shape index (κ2) is 6.91. The Bertz CT molecular complexity index is 665. The van der Waals surface area contributed by atoms with Crippen LogP contribution in [0.2, 0.25) is 0 Å². The second-order valence-electron chi connectivity index (χ2n) is 6.80. The average molecular weight is 327 g/mol. The molecule has 6 nitrogen and oxygen atoms in total. The van der Waals surface area contributed by atoms with Crippen molar-refractivity contribution in [2.45, 2.75) is 31.8 Å². The molecule has 0 saturated carbocycles. The molecule has 2 fully saturated rings. The molecule has 0 aliphatic carbocycles. The largest absolute Gasteiger partial charge is 0.339 e. The van der Waals surface area contributed by atoms with Gasteiger partial charge in [-0.3, -0.25) is 9.69 Å². The highest BCUT2D eigenvalue weighted by Gasteiger charge is 2.28. The summed E-state index contributed by atoms with van der Waals surface area (Å²) in [5, 5.41) is 3.36. The van der Waals surface area contributed by atoms with Gasteiger partial charge in [-0.05, 0) is 31.5 Å². The summed E-state index contributed by atoms with van der Waals surface area (Å²) in [7, 11) is 0. The van der Waals surface area contributed by atoms with Crippen LogP contribution in [0.25, 0.3) is 5.65 Å². The van der Waals surface area contributed by atoms with Gasteiger partial charge in [0.15, 0.2) is 0 Å². The van der Waals surface area contributed by atoms with Crippen LogP contribution >= 0.6 is 0 Å². The van der Waals surface area contributed by atoms with Crippen LogP contribution in [0.1, 0.15) is 25.0 Å². The predicted molar refractivity (Wildman–Crippen MR) is 92.7 cm³/mol. The van der Waals surface area contributed by atoms with Gasteiger partial charge in [0.05, 0.1) is 11.7 Å². The highest BCUT2D eigenvalue weighted by Crippen LogP contribution is 2.13.